The van der Waals surface area contributed by atoms with E-state index in [1.807, 2.05) is 0 Å². The van der Waals surface area contributed by atoms with Crippen molar-refractivity contribution < 1.29 is 0 Å². The summed E-state index contributed by atoms with van der Waals surface area (Å²) in [5.74, 6) is 2.07. The summed E-state index contributed by atoms with van der Waals surface area (Å²) >= 11 is 0. The Hall–Kier alpha value is -0.530. The summed E-state index contributed by atoms with van der Waals surface area (Å²) in [7, 11) is 0. The summed E-state index contributed by atoms with van der Waals surface area (Å²) in [6.07, 6.45) is 6.71. The maximum atomic E-state index is 4.73. The summed E-state index contributed by atoms with van der Waals surface area (Å²) in [5, 5.41) is 0. The van der Waals surface area contributed by atoms with Gasteiger partial charge in [0, 0.05) is 25.0 Å². The molecule has 0 saturated carbocycles. The van der Waals surface area contributed by atoms with Gasteiger partial charge in [0.2, 0.25) is 0 Å². The monoisotopic (exact) mass is 194 g/mol. The van der Waals surface area contributed by atoms with Crippen LogP contribution in [0.25, 0.3) is 0 Å². The Labute approximate surface area is 87.4 Å². The molecule has 14 heavy (non-hydrogen) atoms. The van der Waals surface area contributed by atoms with Crippen LogP contribution in [0.2, 0.25) is 0 Å². The summed E-state index contributed by atoms with van der Waals surface area (Å²) in [6, 6.07) is 0.824. The molecular formula is C12H22N2. The van der Waals surface area contributed by atoms with Crippen molar-refractivity contribution in [3.63, 3.8) is 0 Å². The predicted octanol–water partition coefficient (Wildman–Crippen LogP) is 2.69. The fourth-order valence-corrected chi connectivity index (χ4v) is 2.64. The summed E-state index contributed by atoms with van der Waals surface area (Å²) in [4.78, 5) is 7.33. The van der Waals surface area contributed by atoms with Crippen molar-refractivity contribution in [2.75, 3.05) is 13.1 Å². The zero-order valence-corrected chi connectivity index (χ0v) is 9.50. The minimum Gasteiger partial charge on any atom is -0.357 e. The molecule has 2 heterocycles. The largest absolute Gasteiger partial charge is 0.357 e. The number of piperidine rings is 1. The number of fused-ring (bicyclic) bond motifs is 1. The van der Waals surface area contributed by atoms with E-state index in [4.69, 9.17) is 4.99 Å². The lowest BCUT2D eigenvalue weighted by Gasteiger charge is -2.42. The van der Waals surface area contributed by atoms with Gasteiger partial charge in [-0.25, -0.2) is 0 Å². The Morgan fingerprint density at radius 2 is 2.29 bits per heavy atom. The SMILES string of the molecule is CCC(C)C1=NCCC2CCCCN12. The highest BCUT2D eigenvalue weighted by molar-refractivity contribution is 5.85. The quantitative estimate of drug-likeness (QED) is 0.660. The maximum Gasteiger partial charge on any atom is 0.102 e. The molecule has 0 radical (unpaired) electrons. The van der Waals surface area contributed by atoms with Crippen molar-refractivity contribution in [3.8, 4) is 0 Å². The first-order valence-corrected chi connectivity index (χ1v) is 6.14. The molecule has 0 N–H and O–H groups in total. The zero-order chi connectivity index (χ0) is 9.97. The highest BCUT2D eigenvalue weighted by Gasteiger charge is 2.29. The normalized spacial score (nSPS) is 29.4. The van der Waals surface area contributed by atoms with Crippen molar-refractivity contribution in [2.24, 2.45) is 10.9 Å². The van der Waals surface area contributed by atoms with Crippen LogP contribution in [0.5, 0.6) is 0 Å². The van der Waals surface area contributed by atoms with Crippen LogP contribution in [0.1, 0.15) is 46.0 Å². The molecule has 1 fully saturated rings. The van der Waals surface area contributed by atoms with E-state index < -0.39 is 0 Å². The molecule has 2 aliphatic rings. The van der Waals surface area contributed by atoms with Crippen LogP contribution in [-0.4, -0.2) is 29.9 Å². The third-order valence-corrected chi connectivity index (χ3v) is 3.71. The van der Waals surface area contributed by atoms with E-state index in [-0.39, 0.29) is 0 Å². The van der Waals surface area contributed by atoms with Crippen LogP contribution in [0.15, 0.2) is 4.99 Å². The Balaban J connectivity index is 2.10. The summed E-state index contributed by atoms with van der Waals surface area (Å²) < 4.78 is 0. The first-order chi connectivity index (χ1) is 6.83. The van der Waals surface area contributed by atoms with Gasteiger partial charge in [-0.15, -0.1) is 0 Å². The lowest BCUT2D eigenvalue weighted by atomic mass is 9.94. The molecule has 2 nitrogen and oxygen atoms in total. The molecule has 0 aliphatic carbocycles. The number of hydrogen-bond donors (Lipinski definition) is 0. The van der Waals surface area contributed by atoms with E-state index in [0.717, 1.165) is 12.6 Å². The van der Waals surface area contributed by atoms with Crippen LogP contribution < -0.4 is 0 Å². The maximum absolute atomic E-state index is 4.73. The Kier molecular flexibility index (Phi) is 3.09. The van der Waals surface area contributed by atoms with Gasteiger partial charge in [-0.1, -0.05) is 13.8 Å². The molecule has 2 aliphatic heterocycles. The lowest BCUT2D eigenvalue weighted by Crippen LogP contribution is -2.48. The van der Waals surface area contributed by atoms with Gasteiger partial charge in [-0.3, -0.25) is 4.99 Å². The average molecular weight is 194 g/mol. The first-order valence-electron chi connectivity index (χ1n) is 6.14. The second-order valence-corrected chi connectivity index (χ2v) is 4.68. The molecule has 0 aromatic carbocycles. The van der Waals surface area contributed by atoms with Crippen molar-refractivity contribution in [2.45, 2.75) is 52.0 Å². The van der Waals surface area contributed by atoms with E-state index in [1.165, 1.54) is 44.5 Å². The highest BCUT2D eigenvalue weighted by Crippen LogP contribution is 2.26. The molecule has 0 aromatic rings. The van der Waals surface area contributed by atoms with E-state index in [2.05, 4.69) is 18.7 Å². The van der Waals surface area contributed by atoms with Crippen LogP contribution in [0, 0.1) is 5.92 Å². The van der Waals surface area contributed by atoms with Crippen LogP contribution in [0.4, 0.5) is 0 Å². The van der Waals surface area contributed by atoms with Gasteiger partial charge in [-0.2, -0.15) is 0 Å². The smallest absolute Gasteiger partial charge is 0.102 e. The molecule has 2 atom stereocenters. The number of hydrogen-bond acceptors (Lipinski definition) is 2. The fraction of sp³-hybridized carbons (Fsp3) is 0.917. The molecule has 2 unspecified atom stereocenters. The summed E-state index contributed by atoms with van der Waals surface area (Å²) in [5.41, 5.74) is 0. The van der Waals surface area contributed by atoms with Crippen molar-refractivity contribution in [3.05, 3.63) is 0 Å². The Morgan fingerprint density at radius 1 is 1.43 bits per heavy atom. The molecule has 0 spiro atoms. The van der Waals surface area contributed by atoms with E-state index in [1.54, 1.807) is 0 Å². The van der Waals surface area contributed by atoms with Gasteiger partial charge < -0.3 is 4.90 Å². The molecule has 2 rings (SSSR count). The van der Waals surface area contributed by atoms with Crippen LogP contribution in [0.3, 0.4) is 0 Å². The number of amidine groups is 1. The molecular weight excluding hydrogens is 172 g/mol. The molecule has 0 bridgehead atoms. The Morgan fingerprint density at radius 3 is 3.07 bits per heavy atom. The van der Waals surface area contributed by atoms with Gasteiger partial charge in [0.1, 0.15) is 5.84 Å². The number of nitrogens with zero attached hydrogens (tertiary/aromatic N) is 2. The van der Waals surface area contributed by atoms with Crippen molar-refractivity contribution in [1.29, 1.82) is 0 Å². The van der Waals surface area contributed by atoms with Crippen molar-refractivity contribution >= 4 is 5.84 Å². The second kappa shape index (κ2) is 4.33. The number of aliphatic imine (C=N–C) groups is 1. The zero-order valence-electron chi connectivity index (χ0n) is 9.50. The fourth-order valence-electron chi connectivity index (χ4n) is 2.64. The van der Waals surface area contributed by atoms with Crippen LogP contribution in [-0.2, 0) is 0 Å². The first kappa shape index (κ1) is 10.0. The molecule has 2 heteroatoms. The Bertz CT molecular complexity index is 222. The minimum absolute atomic E-state index is 0.663. The molecule has 0 amide bonds. The summed E-state index contributed by atoms with van der Waals surface area (Å²) in [6.45, 7) is 6.91. The molecule has 0 aromatic heterocycles. The lowest BCUT2D eigenvalue weighted by molar-refractivity contribution is 0.210. The van der Waals surface area contributed by atoms with Gasteiger partial charge in [0.05, 0.1) is 0 Å². The third-order valence-electron chi connectivity index (χ3n) is 3.71. The predicted molar refractivity (Wildman–Crippen MR) is 60.7 cm³/mol. The highest BCUT2D eigenvalue weighted by atomic mass is 15.2. The minimum atomic E-state index is 0.663. The second-order valence-electron chi connectivity index (χ2n) is 4.68. The average Bonchev–Trinajstić information content (AvgIpc) is 2.27. The molecule has 80 valence electrons. The van der Waals surface area contributed by atoms with E-state index in [9.17, 15) is 0 Å². The van der Waals surface area contributed by atoms with E-state index in [0.29, 0.717) is 5.92 Å². The number of rotatable bonds is 2. The van der Waals surface area contributed by atoms with Gasteiger partial charge in [0.25, 0.3) is 0 Å². The van der Waals surface area contributed by atoms with Gasteiger partial charge >= 0.3 is 0 Å². The third kappa shape index (κ3) is 1.79. The molecule has 1 saturated heterocycles. The van der Waals surface area contributed by atoms with Gasteiger partial charge in [0.15, 0.2) is 0 Å². The standard InChI is InChI=1S/C12H22N2/c1-3-10(2)12-13-8-7-11-6-4-5-9-14(11)12/h10-11H,3-9H2,1-2H3. The van der Waals surface area contributed by atoms with E-state index >= 15 is 0 Å². The topological polar surface area (TPSA) is 15.6 Å². The van der Waals surface area contributed by atoms with Crippen molar-refractivity contribution in [1.82, 2.24) is 4.90 Å². The van der Waals surface area contributed by atoms with Crippen LogP contribution >= 0.6 is 0 Å². The van der Waals surface area contributed by atoms with Gasteiger partial charge in [-0.05, 0) is 32.1 Å².